The first-order chi connectivity index (χ1) is 4.43. The van der Waals surface area contributed by atoms with E-state index in [9.17, 15) is 0 Å². The Kier molecular flexibility index (Phi) is 3.80. The lowest BCUT2D eigenvalue weighted by Crippen LogP contribution is -2.50. The van der Waals surface area contributed by atoms with Crippen molar-refractivity contribution < 1.29 is 3.07 Å². The van der Waals surface area contributed by atoms with Gasteiger partial charge >= 0.3 is 0 Å². The van der Waals surface area contributed by atoms with Crippen LogP contribution < -0.4 is 10.6 Å². The second-order valence-corrected chi connectivity index (χ2v) is 2.75. The summed E-state index contributed by atoms with van der Waals surface area (Å²) in [7, 11) is 0. The van der Waals surface area contributed by atoms with Crippen LogP contribution in [0.5, 0.6) is 0 Å². The monoisotopic (exact) mass is 242 g/mol. The van der Waals surface area contributed by atoms with Crippen molar-refractivity contribution >= 4 is 23.0 Å². The highest BCUT2D eigenvalue weighted by Crippen LogP contribution is 1.92. The molecule has 1 fully saturated rings. The van der Waals surface area contributed by atoms with Gasteiger partial charge in [0.05, 0.1) is 6.61 Å². The summed E-state index contributed by atoms with van der Waals surface area (Å²) in [6, 6.07) is 0.510. The molecule has 1 rings (SSSR count). The fourth-order valence-corrected chi connectivity index (χ4v) is 1.34. The van der Waals surface area contributed by atoms with Crippen LogP contribution >= 0.6 is 23.0 Å². The second-order valence-electron chi connectivity index (χ2n) is 2.13. The lowest BCUT2D eigenvalue weighted by molar-refractivity contribution is 0.305. The van der Waals surface area contributed by atoms with E-state index in [2.05, 4.69) is 10.6 Å². The van der Waals surface area contributed by atoms with Crippen molar-refractivity contribution in [1.82, 2.24) is 10.6 Å². The molecule has 1 atom stereocenters. The smallest absolute Gasteiger partial charge is 0.109 e. The Balaban J connectivity index is 2.08. The normalized spacial score (nSPS) is 28.3. The molecule has 9 heavy (non-hydrogen) atoms. The molecule has 4 heteroatoms. The molecule has 0 spiro atoms. The Morgan fingerprint density at radius 3 is 3.00 bits per heavy atom. The maximum atomic E-state index is 4.95. The molecule has 0 amide bonds. The number of hydrogen-bond donors (Lipinski definition) is 2. The van der Waals surface area contributed by atoms with Crippen molar-refractivity contribution in [2.24, 2.45) is 0 Å². The van der Waals surface area contributed by atoms with Crippen molar-refractivity contribution in [3.63, 3.8) is 0 Å². The highest BCUT2D eigenvalue weighted by Gasteiger charge is 2.10. The van der Waals surface area contributed by atoms with Crippen molar-refractivity contribution in [3.8, 4) is 0 Å². The van der Waals surface area contributed by atoms with Crippen LogP contribution in [0.15, 0.2) is 0 Å². The third-order valence-corrected chi connectivity index (χ3v) is 1.75. The SMILES string of the molecule is IOCC1CNCCN1. The van der Waals surface area contributed by atoms with Gasteiger partial charge in [-0.05, 0) is 0 Å². The van der Waals surface area contributed by atoms with E-state index in [-0.39, 0.29) is 0 Å². The van der Waals surface area contributed by atoms with Gasteiger partial charge in [-0.2, -0.15) is 0 Å². The third kappa shape index (κ3) is 2.79. The van der Waals surface area contributed by atoms with Crippen LogP contribution in [-0.4, -0.2) is 32.3 Å². The standard InChI is InChI=1S/C5H11IN2O/c6-9-4-5-3-7-1-2-8-5/h5,7-8H,1-4H2. The molecule has 0 aromatic carbocycles. The summed E-state index contributed by atoms with van der Waals surface area (Å²) >= 11 is 1.92. The largest absolute Gasteiger partial charge is 0.314 e. The van der Waals surface area contributed by atoms with Crippen LogP contribution in [0, 0.1) is 0 Å². The van der Waals surface area contributed by atoms with E-state index >= 15 is 0 Å². The van der Waals surface area contributed by atoms with Crippen LogP contribution in [0.25, 0.3) is 0 Å². The molecule has 1 aliphatic rings. The predicted molar refractivity (Wildman–Crippen MR) is 44.6 cm³/mol. The summed E-state index contributed by atoms with van der Waals surface area (Å²) in [5, 5.41) is 6.60. The Hall–Kier alpha value is 0.610. The fourth-order valence-electron chi connectivity index (χ4n) is 0.907. The van der Waals surface area contributed by atoms with Crippen LogP contribution in [0.1, 0.15) is 0 Å². The van der Waals surface area contributed by atoms with E-state index in [0.717, 1.165) is 26.2 Å². The quantitative estimate of drug-likeness (QED) is 0.664. The van der Waals surface area contributed by atoms with E-state index in [1.807, 2.05) is 23.0 Å². The summed E-state index contributed by atoms with van der Waals surface area (Å²) in [5.41, 5.74) is 0. The summed E-state index contributed by atoms with van der Waals surface area (Å²) in [6.45, 7) is 3.97. The van der Waals surface area contributed by atoms with E-state index < -0.39 is 0 Å². The molecule has 0 bridgehead atoms. The second kappa shape index (κ2) is 4.43. The first-order valence-electron chi connectivity index (χ1n) is 3.11. The molecular formula is C5H11IN2O. The number of nitrogens with one attached hydrogen (secondary N) is 2. The van der Waals surface area contributed by atoms with Gasteiger partial charge in [0.15, 0.2) is 0 Å². The van der Waals surface area contributed by atoms with Gasteiger partial charge in [0.25, 0.3) is 0 Å². The molecular weight excluding hydrogens is 231 g/mol. The highest BCUT2D eigenvalue weighted by atomic mass is 127. The molecule has 1 heterocycles. The van der Waals surface area contributed by atoms with Crippen molar-refractivity contribution in [2.45, 2.75) is 6.04 Å². The minimum absolute atomic E-state index is 0.510. The molecule has 0 saturated carbocycles. The number of halogens is 1. The van der Waals surface area contributed by atoms with Gasteiger partial charge in [0, 0.05) is 25.7 Å². The van der Waals surface area contributed by atoms with Gasteiger partial charge in [0.2, 0.25) is 0 Å². The molecule has 54 valence electrons. The Bertz CT molecular complexity index is 72.6. The van der Waals surface area contributed by atoms with Crippen LogP contribution in [0.3, 0.4) is 0 Å². The van der Waals surface area contributed by atoms with Gasteiger partial charge in [-0.25, -0.2) is 0 Å². The Morgan fingerprint density at radius 1 is 1.56 bits per heavy atom. The molecule has 0 aliphatic carbocycles. The summed E-state index contributed by atoms with van der Waals surface area (Å²) < 4.78 is 4.95. The summed E-state index contributed by atoms with van der Waals surface area (Å²) in [6.07, 6.45) is 0. The van der Waals surface area contributed by atoms with Crippen LogP contribution in [-0.2, 0) is 3.07 Å². The lowest BCUT2D eigenvalue weighted by Gasteiger charge is -2.22. The molecule has 2 N–H and O–H groups in total. The average molecular weight is 242 g/mol. The van der Waals surface area contributed by atoms with E-state index in [0.29, 0.717) is 6.04 Å². The van der Waals surface area contributed by atoms with Crippen LogP contribution in [0.2, 0.25) is 0 Å². The third-order valence-electron chi connectivity index (χ3n) is 1.39. The molecule has 0 aromatic rings. The van der Waals surface area contributed by atoms with Gasteiger partial charge in [-0.1, -0.05) is 0 Å². The van der Waals surface area contributed by atoms with E-state index in [4.69, 9.17) is 3.07 Å². The molecule has 1 saturated heterocycles. The number of hydrogen-bond acceptors (Lipinski definition) is 3. The lowest BCUT2D eigenvalue weighted by atomic mass is 10.2. The van der Waals surface area contributed by atoms with Crippen molar-refractivity contribution in [2.75, 3.05) is 26.2 Å². The molecule has 3 nitrogen and oxygen atoms in total. The minimum Gasteiger partial charge on any atom is -0.314 e. The average Bonchev–Trinajstić information content (AvgIpc) is 1.91. The fraction of sp³-hybridized carbons (Fsp3) is 1.00. The predicted octanol–water partition coefficient (Wildman–Crippen LogP) is -0.0856. The molecule has 1 unspecified atom stereocenters. The summed E-state index contributed by atoms with van der Waals surface area (Å²) in [4.78, 5) is 0. The first kappa shape index (κ1) is 7.71. The Labute approximate surface area is 69.2 Å². The van der Waals surface area contributed by atoms with Gasteiger partial charge in [-0.3, -0.25) is 0 Å². The molecule has 1 aliphatic heterocycles. The van der Waals surface area contributed by atoms with Gasteiger partial charge in [-0.15, -0.1) is 0 Å². The van der Waals surface area contributed by atoms with Crippen molar-refractivity contribution in [3.05, 3.63) is 0 Å². The highest BCUT2D eigenvalue weighted by molar-refractivity contribution is 14.1. The maximum absolute atomic E-state index is 4.95. The van der Waals surface area contributed by atoms with Gasteiger partial charge < -0.3 is 13.7 Å². The zero-order valence-corrected chi connectivity index (χ0v) is 7.35. The maximum Gasteiger partial charge on any atom is 0.109 e. The number of piperazine rings is 1. The topological polar surface area (TPSA) is 33.3 Å². The zero-order valence-electron chi connectivity index (χ0n) is 5.19. The van der Waals surface area contributed by atoms with Crippen molar-refractivity contribution in [1.29, 1.82) is 0 Å². The van der Waals surface area contributed by atoms with Crippen LogP contribution in [0.4, 0.5) is 0 Å². The zero-order chi connectivity index (χ0) is 6.53. The van der Waals surface area contributed by atoms with E-state index in [1.165, 1.54) is 0 Å². The summed E-state index contributed by atoms with van der Waals surface area (Å²) in [5.74, 6) is 0. The molecule has 0 aromatic heterocycles. The molecule has 0 radical (unpaired) electrons. The first-order valence-corrected chi connectivity index (χ1v) is 3.99. The van der Waals surface area contributed by atoms with E-state index in [1.54, 1.807) is 0 Å². The van der Waals surface area contributed by atoms with Gasteiger partial charge in [0.1, 0.15) is 23.0 Å². The number of rotatable bonds is 2. The Morgan fingerprint density at radius 2 is 2.44 bits per heavy atom. The minimum atomic E-state index is 0.510.